The summed E-state index contributed by atoms with van der Waals surface area (Å²) >= 11 is 0. The van der Waals surface area contributed by atoms with E-state index in [0.717, 1.165) is 16.9 Å². The van der Waals surface area contributed by atoms with E-state index in [-0.39, 0.29) is 11.8 Å². The third kappa shape index (κ3) is 2.70. The van der Waals surface area contributed by atoms with E-state index >= 15 is 0 Å². The number of amides is 1. The molecule has 1 aliphatic rings. The molecule has 2 aromatic carbocycles. The number of hydrogen-bond acceptors (Lipinski definition) is 4. The Balaban J connectivity index is 2.20. The standard InChI is InChI=1S/C18H19NO4/c1-21-11-8-14-18(16(9-11)23-3)13(10-17(20)19-14)12-6-4-5-7-15(12)22-2/h4-9,13H,10H2,1-3H3,(H,19,20)/t13-/m1/s1. The number of rotatable bonds is 4. The number of para-hydroxylation sites is 1. The van der Waals surface area contributed by atoms with Crippen molar-refractivity contribution in [3.63, 3.8) is 0 Å². The first-order valence-corrected chi connectivity index (χ1v) is 7.36. The van der Waals surface area contributed by atoms with Crippen LogP contribution < -0.4 is 19.5 Å². The quantitative estimate of drug-likeness (QED) is 0.942. The zero-order valence-corrected chi connectivity index (χ0v) is 13.4. The van der Waals surface area contributed by atoms with Crippen LogP contribution in [0.1, 0.15) is 23.5 Å². The number of fused-ring (bicyclic) bond motifs is 1. The van der Waals surface area contributed by atoms with Crippen molar-refractivity contribution >= 4 is 11.6 Å². The molecule has 1 aliphatic heterocycles. The van der Waals surface area contributed by atoms with Gasteiger partial charge in [0.05, 0.1) is 27.0 Å². The second-order valence-corrected chi connectivity index (χ2v) is 5.34. The number of benzene rings is 2. The molecule has 5 heteroatoms. The number of ether oxygens (including phenoxy) is 3. The minimum Gasteiger partial charge on any atom is -0.497 e. The van der Waals surface area contributed by atoms with E-state index in [1.807, 2.05) is 36.4 Å². The molecule has 1 atom stereocenters. The van der Waals surface area contributed by atoms with Crippen molar-refractivity contribution in [1.29, 1.82) is 0 Å². The molecule has 0 saturated carbocycles. The molecule has 120 valence electrons. The first-order valence-electron chi connectivity index (χ1n) is 7.36. The van der Waals surface area contributed by atoms with Gasteiger partial charge in [0.1, 0.15) is 17.2 Å². The number of hydrogen-bond donors (Lipinski definition) is 1. The summed E-state index contributed by atoms with van der Waals surface area (Å²) < 4.78 is 16.3. The van der Waals surface area contributed by atoms with E-state index in [2.05, 4.69) is 5.32 Å². The summed E-state index contributed by atoms with van der Waals surface area (Å²) in [7, 11) is 4.84. The Morgan fingerprint density at radius 3 is 2.43 bits per heavy atom. The van der Waals surface area contributed by atoms with Crippen LogP contribution >= 0.6 is 0 Å². The van der Waals surface area contributed by atoms with Gasteiger partial charge < -0.3 is 19.5 Å². The zero-order valence-electron chi connectivity index (χ0n) is 13.4. The van der Waals surface area contributed by atoms with Gasteiger partial charge in [0.25, 0.3) is 0 Å². The molecule has 23 heavy (non-hydrogen) atoms. The largest absolute Gasteiger partial charge is 0.497 e. The van der Waals surface area contributed by atoms with Crippen LogP contribution in [0, 0.1) is 0 Å². The van der Waals surface area contributed by atoms with E-state index in [1.54, 1.807) is 21.3 Å². The van der Waals surface area contributed by atoms with Gasteiger partial charge in [-0.2, -0.15) is 0 Å². The van der Waals surface area contributed by atoms with Gasteiger partial charge in [-0.25, -0.2) is 0 Å². The average Bonchev–Trinajstić information content (AvgIpc) is 2.59. The second kappa shape index (κ2) is 6.20. The highest BCUT2D eigenvalue weighted by atomic mass is 16.5. The minimum atomic E-state index is -0.129. The van der Waals surface area contributed by atoms with Gasteiger partial charge in [-0.3, -0.25) is 4.79 Å². The Morgan fingerprint density at radius 1 is 1.00 bits per heavy atom. The van der Waals surface area contributed by atoms with Gasteiger partial charge in [-0.15, -0.1) is 0 Å². The normalized spacial score (nSPS) is 16.3. The predicted octanol–water partition coefficient (Wildman–Crippen LogP) is 3.19. The first-order chi connectivity index (χ1) is 11.2. The summed E-state index contributed by atoms with van der Waals surface area (Å²) in [6.45, 7) is 0. The maximum absolute atomic E-state index is 12.2. The Morgan fingerprint density at radius 2 is 1.74 bits per heavy atom. The highest BCUT2D eigenvalue weighted by Crippen LogP contribution is 2.46. The van der Waals surface area contributed by atoms with Crippen molar-refractivity contribution in [2.24, 2.45) is 0 Å². The second-order valence-electron chi connectivity index (χ2n) is 5.34. The lowest BCUT2D eigenvalue weighted by Crippen LogP contribution is -2.24. The van der Waals surface area contributed by atoms with Crippen LogP contribution in [0.5, 0.6) is 17.2 Å². The van der Waals surface area contributed by atoms with Gasteiger partial charge in [0, 0.05) is 35.6 Å². The molecule has 0 fully saturated rings. The number of carbonyl (C=O) groups is 1. The number of carbonyl (C=O) groups excluding carboxylic acids is 1. The molecular formula is C18H19NO4. The molecule has 1 N–H and O–H groups in total. The van der Waals surface area contributed by atoms with Gasteiger partial charge >= 0.3 is 0 Å². The Bertz CT molecular complexity index is 742. The Hall–Kier alpha value is -2.69. The molecule has 1 amide bonds. The van der Waals surface area contributed by atoms with Crippen LogP contribution in [0.4, 0.5) is 5.69 Å². The van der Waals surface area contributed by atoms with Crippen LogP contribution in [-0.2, 0) is 4.79 Å². The summed E-state index contributed by atoms with van der Waals surface area (Å²) in [5.74, 6) is 1.92. The summed E-state index contributed by atoms with van der Waals surface area (Å²) in [6.07, 6.45) is 0.343. The van der Waals surface area contributed by atoms with E-state index in [4.69, 9.17) is 14.2 Å². The highest BCUT2D eigenvalue weighted by molar-refractivity contribution is 5.96. The van der Waals surface area contributed by atoms with Crippen LogP contribution in [-0.4, -0.2) is 27.2 Å². The number of nitrogens with one attached hydrogen (secondary N) is 1. The predicted molar refractivity (Wildman–Crippen MR) is 87.6 cm³/mol. The number of methoxy groups -OCH3 is 3. The third-order valence-electron chi connectivity index (χ3n) is 4.10. The molecular weight excluding hydrogens is 294 g/mol. The number of anilines is 1. The maximum atomic E-state index is 12.2. The van der Waals surface area contributed by atoms with E-state index in [9.17, 15) is 4.79 Å². The van der Waals surface area contributed by atoms with E-state index in [0.29, 0.717) is 23.6 Å². The van der Waals surface area contributed by atoms with Gasteiger partial charge in [-0.1, -0.05) is 18.2 Å². The lowest BCUT2D eigenvalue weighted by Gasteiger charge is -2.29. The smallest absolute Gasteiger partial charge is 0.225 e. The van der Waals surface area contributed by atoms with Crippen molar-refractivity contribution in [2.45, 2.75) is 12.3 Å². The molecule has 0 bridgehead atoms. The van der Waals surface area contributed by atoms with Crippen LogP contribution in [0.15, 0.2) is 36.4 Å². The molecule has 5 nitrogen and oxygen atoms in total. The zero-order chi connectivity index (χ0) is 16.4. The fraction of sp³-hybridized carbons (Fsp3) is 0.278. The molecule has 0 saturated heterocycles. The highest BCUT2D eigenvalue weighted by Gasteiger charge is 2.32. The average molecular weight is 313 g/mol. The summed E-state index contributed by atoms with van der Waals surface area (Å²) in [6, 6.07) is 11.4. The van der Waals surface area contributed by atoms with Gasteiger partial charge in [0.15, 0.2) is 0 Å². The molecule has 0 aliphatic carbocycles. The van der Waals surface area contributed by atoms with Crippen molar-refractivity contribution in [1.82, 2.24) is 0 Å². The van der Waals surface area contributed by atoms with Crippen molar-refractivity contribution in [3.8, 4) is 17.2 Å². The van der Waals surface area contributed by atoms with Gasteiger partial charge in [0.2, 0.25) is 5.91 Å². The summed E-state index contributed by atoms with van der Waals surface area (Å²) in [5.41, 5.74) is 2.63. The minimum absolute atomic E-state index is 0.0382. The molecule has 0 spiro atoms. The molecule has 2 aromatic rings. The SMILES string of the molecule is COc1cc2c(c(OC)c1)[C@@H](c1ccccc1OC)CC(=O)N2. The Kier molecular flexibility index (Phi) is 4.10. The topological polar surface area (TPSA) is 56.8 Å². The van der Waals surface area contributed by atoms with E-state index < -0.39 is 0 Å². The monoisotopic (exact) mass is 313 g/mol. The molecule has 3 rings (SSSR count). The van der Waals surface area contributed by atoms with E-state index in [1.165, 1.54) is 0 Å². The summed E-state index contributed by atoms with van der Waals surface area (Å²) in [5, 5.41) is 2.91. The lowest BCUT2D eigenvalue weighted by molar-refractivity contribution is -0.116. The van der Waals surface area contributed by atoms with Gasteiger partial charge in [-0.05, 0) is 6.07 Å². The molecule has 0 aromatic heterocycles. The fourth-order valence-corrected chi connectivity index (χ4v) is 3.06. The molecule has 0 unspecified atom stereocenters. The summed E-state index contributed by atoms with van der Waals surface area (Å²) in [4.78, 5) is 12.2. The first kappa shape index (κ1) is 15.2. The molecule has 1 heterocycles. The Labute approximate surface area is 135 Å². The lowest BCUT2D eigenvalue weighted by atomic mass is 9.83. The third-order valence-corrected chi connectivity index (χ3v) is 4.10. The van der Waals surface area contributed by atoms with Crippen molar-refractivity contribution < 1.29 is 19.0 Å². The van der Waals surface area contributed by atoms with Crippen LogP contribution in [0.3, 0.4) is 0 Å². The van der Waals surface area contributed by atoms with Crippen molar-refractivity contribution in [3.05, 3.63) is 47.5 Å². The van der Waals surface area contributed by atoms with Crippen molar-refractivity contribution in [2.75, 3.05) is 26.6 Å². The maximum Gasteiger partial charge on any atom is 0.225 e. The molecule has 0 radical (unpaired) electrons. The fourth-order valence-electron chi connectivity index (χ4n) is 3.06. The van der Waals surface area contributed by atoms with Crippen LogP contribution in [0.25, 0.3) is 0 Å². The van der Waals surface area contributed by atoms with Crippen LogP contribution in [0.2, 0.25) is 0 Å².